The summed E-state index contributed by atoms with van der Waals surface area (Å²) in [6.07, 6.45) is 0. The predicted molar refractivity (Wildman–Crippen MR) is 218 cm³/mol. The number of nitrogens with zero attached hydrogens (tertiary/aromatic N) is 2. The molecule has 0 saturated carbocycles. The summed E-state index contributed by atoms with van der Waals surface area (Å²) in [7, 11) is 4.01. The van der Waals surface area contributed by atoms with E-state index in [0.29, 0.717) is 33.9 Å². The van der Waals surface area contributed by atoms with Crippen LogP contribution in [0.4, 0.5) is 22.7 Å². The van der Waals surface area contributed by atoms with Gasteiger partial charge in [0.05, 0.1) is 21.5 Å². The fraction of sp³-hybridized carbons (Fsp3) is 0.0909. The van der Waals surface area contributed by atoms with E-state index in [4.69, 9.17) is 22.9 Å². The second-order valence-corrected chi connectivity index (χ2v) is 13.6. The van der Waals surface area contributed by atoms with Crippen molar-refractivity contribution in [2.24, 2.45) is 14.1 Å². The van der Waals surface area contributed by atoms with Crippen molar-refractivity contribution in [1.29, 1.82) is 0 Å². The molecule has 10 N–H and O–H groups in total. The van der Waals surface area contributed by atoms with Crippen molar-refractivity contribution in [2.45, 2.75) is 0 Å². The molecule has 0 bridgehead atoms. The number of fused-ring (bicyclic) bond motifs is 6. The fourth-order valence-corrected chi connectivity index (χ4v) is 7.51. The van der Waals surface area contributed by atoms with E-state index in [0.717, 1.165) is 65.9 Å². The Morgan fingerprint density at radius 3 is 1.15 bits per heavy atom. The Kier molecular flexibility index (Phi) is 8.42. The fourth-order valence-electron chi connectivity index (χ4n) is 7.51. The average molecular weight is 713 g/mol. The largest absolute Gasteiger partial charge is 0.399 e. The lowest BCUT2D eigenvalue weighted by Crippen LogP contribution is -2.34. The molecule has 2 aromatic heterocycles. The van der Waals surface area contributed by atoms with Crippen LogP contribution in [0.25, 0.3) is 65.9 Å². The molecule has 10 heteroatoms. The molecule has 2 heterocycles. The van der Waals surface area contributed by atoms with Crippen molar-refractivity contribution in [3.05, 3.63) is 132 Å². The summed E-state index contributed by atoms with van der Waals surface area (Å²) in [6.45, 7) is 0.525. The van der Waals surface area contributed by atoms with Gasteiger partial charge in [-0.1, -0.05) is 12.1 Å². The second kappa shape index (κ2) is 13.4. The normalized spacial score (nSPS) is 11.4. The number of hydrogen-bond donors (Lipinski definition) is 6. The molecule has 0 saturated heterocycles. The Morgan fingerprint density at radius 1 is 0.444 bits per heavy atom. The van der Waals surface area contributed by atoms with Crippen molar-refractivity contribution in [3.8, 4) is 22.5 Å². The number of hydrogen-bond acceptors (Lipinski definition) is 6. The van der Waals surface area contributed by atoms with E-state index in [1.807, 2.05) is 111 Å². The smallest absolute Gasteiger partial charge is 0.251 e. The summed E-state index contributed by atoms with van der Waals surface area (Å²) in [5.41, 5.74) is 34.2. The highest BCUT2D eigenvalue weighted by atomic mass is 16.2. The van der Waals surface area contributed by atoms with E-state index in [1.54, 1.807) is 24.3 Å². The van der Waals surface area contributed by atoms with Gasteiger partial charge in [-0.3, -0.25) is 9.59 Å². The van der Waals surface area contributed by atoms with Gasteiger partial charge in [-0.15, -0.1) is 0 Å². The Hall–Kier alpha value is -7.20. The first-order chi connectivity index (χ1) is 26.1. The van der Waals surface area contributed by atoms with E-state index >= 15 is 0 Å². The van der Waals surface area contributed by atoms with E-state index in [9.17, 15) is 9.59 Å². The molecule has 0 unspecified atom stereocenters. The first-order valence-corrected chi connectivity index (χ1v) is 17.7. The van der Waals surface area contributed by atoms with Crippen LogP contribution >= 0.6 is 0 Å². The Morgan fingerprint density at radius 2 is 0.778 bits per heavy atom. The van der Waals surface area contributed by atoms with Crippen molar-refractivity contribution in [3.63, 3.8) is 0 Å². The molecule has 2 amide bonds. The molecule has 0 aliphatic heterocycles. The van der Waals surface area contributed by atoms with Gasteiger partial charge in [0.15, 0.2) is 0 Å². The summed E-state index contributed by atoms with van der Waals surface area (Å²) in [5, 5.41) is 12.1. The molecule has 8 rings (SSSR count). The van der Waals surface area contributed by atoms with Crippen LogP contribution < -0.4 is 42.7 Å². The molecule has 6 aromatic carbocycles. The van der Waals surface area contributed by atoms with E-state index in [-0.39, 0.29) is 24.9 Å². The third kappa shape index (κ3) is 5.99. The number of nitrogens with one attached hydrogen (secondary N) is 2. The van der Waals surface area contributed by atoms with Crippen LogP contribution in [0.3, 0.4) is 0 Å². The molecule has 8 aromatic rings. The SMILES string of the molecule is C[n+]1c(-c2ccc(C(=O)NCCNC(=O)c3ccc(-c4c5cc(N)ccc5c5ccc(N)cc5[n+]4C)cc3)cc2)c2cc(N)ccc2c2ccc(N)cc21. The zero-order chi connectivity index (χ0) is 37.7. The van der Waals surface area contributed by atoms with Crippen molar-refractivity contribution in [1.82, 2.24) is 10.6 Å². The maximum atomic E-state index is 13.1. The summed E-state index contributed by atoms with van der Waals surface area (Å²) in [5.74, 6) is -0.467. The molecular weight excluding hydrogens is 673 g/mol. The molecule has 0 aliphatic carbocycles. The zero-order valence-corrected chi connectivity index (χ0v) is 30.0. The van der Waals surface area contributed by atoms with Gasteiger partial charge in [-0.25, -0.2) is 0 Å². The lowest BCUT2D eigenvalue weighted by Gasteiger charge is -2.12. The number of carbonyl (C=O) groups is 2. The average Bonchev–Trinajstić information content (AvgIpc) is 3.17. The number of aryl methyl sites for hydroxylation is 2. The summed E-state index contributed by atoms with van der Waals surface area (Å²) >= 11 is 0. The number of aromatic nitrogens is 2. The lowest BCUT2D eigenvalue weighted by molar-refractivity contribution is -0.632. The van der Waals surface area contributed by atoms with Crippen LogP contribution in [-0.2, 0) is 14.1 Å². The highest BCUT2D eigenvalue weighted by Crippen LogP contribution is 2.35. The highest BCUT2D eigenvalue weighted by molar-refractivity contribution is 6.11. The van der Waals surface area contributed by atoms with Gasteiger partial charge in [0.25, 0.3) is 11.8 Å². The van der Waals surface area contributed by atoms with Crippen LogP contribution in [0.5, 0.6) is 0 Å². The van der Waals surface area contributed by atoms with Crippen LogP contribution in [-0.4, -0.2) is 24.9 Å². The topological polar surface area (TPSA) is 170 Å². The monoisotopic (exact) mass is 712 g/mol. The molecular formula is C44H40N8O2+2. The number of pyridine rings is 2. The first-order valence-electron chi connectivity index (χ1n) is 17.7. The second-order valence-electron chi connectivity index (χ2n) is 13.6. The molecule has 0 aliphatic rings. The van der Waals surface area contributed by atoms with E-state index in [2.05, 4.69) is 19.8 Å². The Bertz CT molecular complexity index is 2620. The maximum absolute atomic E-state index is 13.1. The van der Waals surface area contributed by atoms with Gasteiger partial charge in [0.2, 0.25) is 22.4 Å². The van der Waals surface area contributed by atoms with Gasteiger partial charge in [0, 0.05) is 81.0 Å². The third-order valence-corrected chi connectivity index (χ3v) is 10.2. The van der Waals surface area contributed by atoms with Gasteiger partial charge in [0.1, 0.15) is 14.1 Å². The first kappa shape index (κ1) is 33.9. The molecule has 266 valence electrons. The summed E-state index contributed by atoms with van der Waals surface area (Å²) < 4.78 is 4.22. The number of benzene rings is 6. The van der Waals surface area contributed by atoms with Crippen LogP contribution in [0, 0.1) is 0 Å². The van der Waals surface area contributed by atoms with Crippen LogP contribution in [0.15, 0.2) is 121 Å². The molecule has 0 radical (unpaired) electrons. The molecule has 0 fully saturated rings. The van der Waals surface area contributed by atoms with Crippen LogP contribution in [0.1, 0.15) is 20.7 Å². The number of rotatable bonds is 7. The number of carbonyl (C=O) groups excluding carboxylic acids is 2. The van der Waals surface area contributed by atoms with Gasteiger partial charge in [-0.2, -0.15) is 9.13 Å². The number of nitrogens with two attached hydrogens (primary N) is 4. The zero-order valence-electron chi connectivity index (χ0n) is 30.0. The van der Waals surface area contributed by atoms with Gasteiger partial charge >= 0.3 is 0 Å². The number of amides is 2. The quantitative estimate of drug-likeness (QED) is 0.0531. The number of nitrogen functional groups attached to an aromatic ring is 4. The Labute approximate surface area is 311 Å². The van der Waals surface area contributed by atoms with E-state index < -0.39 is 0 Å². The summed E-state index contributed by atoms with van der Waals surface area (Å²) in [6, 6.07) is 38.5. The standard InChI is InChI=1S/C44H38N8O2/c1-51-39-23-31(47)13-17-35(39)33-15-11-29(45)21-37(33)41(51)25-3-7-27(8-4-25)43(53)49-19-20-50-44(54)28-9-5-26(6-10-28)42-38-22-30(46)12-16-34(38)36-18-14-32(48)24-40(36)52(42)2/h3-18,21-24,47-48H,19-20H2,1-2H3,(H6,45,46,49,50,53,54)/p+2. The molecule has 0 atom stereocenters. The predicted octanol–water partition coefficient (Wildman–Crippen LogP) is 5.77. The minimum atomic E-state index is -0.234. The minimum Gasteiger partial charge on any atom is -0.399 e. The van der Waals surface area contributed by atoms with Gasteiger partial charge in [-0.05, 0) is 97.1 Å². The van der Waals surface area contributed by atoms with Gasteiger partial charge < -0.3 is 33.6 Å². The highest BCUT2D eigenvalue weighted by Gasteiger charge is 2.23. The lowest BCUT2D eigenvalue weighted by atomic mass is 9.98. The minimum absolute atomic E-state index is 0.234. The molecule has 54 heavy (non-hydrogen) atoms. The maximum Gasteiger partial charge on any atom is 0.251 e. The van der Waals surface area contributed by atoms with Crippen molar-refractivity contribution in [2.75, 3.05) is 36.0 Å². The Balaban J connectivity index is 0.944. The van der Waals surface area contributed by atoms with E-state index in [1.165, 1.54) is 0 Å². The number of anilines is 4. The molecule has 0 spiro atoms. The van der Waals surface area contributed by atoms with Crippen molar-refractivity contribution < 1.29 is 18.7 Å². The van der Waals surface area contributed by atoms with Crippen molar-refractivity contribution >= 4 is 77.9 Å². The van der Waals surface area contributed by atoms with Crippen LogP contribution in [0.2, 0.25) is 0 Å². The third-order valence-electron chi connectivity index (χ3n) is 10.2. The summed E-state index contributed by atoms with van der Waals surface area (Å²) in [4.78, 5) is 26.2. The molecule has 10 nitrogen and oxygen atoms in total.